The zero-order chi connectivity index (χ0) is 12.6. The highest BCUT2D eigenvalue weighted by molar-refractivity contribution is 5.90. The van der Waals surface area contributed by atoms with Crippen molar-refractivity contribution in [3.8, 4) is 0 Å². The molecular formula is C13H14N2O2. The lowest BCUT2D eigenvalue weighted by atomic mass is 9.84. The number of fused-ring (bicyclic) bond motifs is 1. The second-order valence-corrected chi connectivity index (χ2v) is 5.04. The van der Waals surface area contributed by atoms with Crippen LogP contribution in [0.4, 0.5) is 5.69 Å². The van der Waals surface area contributed by atoms with E-state index in [1.165, 1.54) is 6.07 Å². The van der Waals surface area contributed by atoms with E-state index in [1.807, 2.05) is 12.1 Å². The molecule has 1 aromatic heterocycles. The van der Waals surface area contributed by atoms with E-state index in [4.69, 9.17) is 0 Å². The first-order valence-electron chi connectivity index (χ1n) is 5.44. The summed E-state index contributed by atoms with van der Waals surface area (Å²) in [6, 6.07) is 7.05. The lowest BCUT2D eigenvalue weighted by Gasteiger charge is -2.20. The number of rotatable bonds is 1. The van der Waals surface area contributed by atoms with Crippen LogP contribution >= 0.6 is 0 Å². The summed E-state index contributed by atoms with van der Waals surface area (Å²) in [5, 5.41) is 11.8. The molecule has 0 amide bonds. The maximum atomic E-state index is 10.9. The Bertz CT molecular complexity index is 585. The summed E-state index contributed by atoms with van der Waals surface area (Å²) in [7, 11) is 0. The van der Waals surface area contributed by atoms with E-state index in [2.05, 4.69) is 25.8 Å². The van der Waals surface area contributed by atoms with Crippen molar-refractivity contribution in [2.24, 2.45) is 0 Å². The molecule has 0 aliphatic heterocycles. The molecule has 0 atom stereocenters. The van der Waals surface area contributed by atoms with E-state index in [-0.39, 0.29) is 16.0 Å². The van der Waals surface area contributed by atoms with Gasteiger partial charge in [-0.3, -0.25) is 10.1 Å². The molecule has 0 saturated heterocycles. The Kier molecular flexibility index (Phi) is 2.58. The fourth-order valence-corrected chi connectivity index (χ4v) is 1.96. The SMILES string of the molecule is CC(C)(C)c1ccc([N+](=O)[O-])c2ncccc12. The first-order chi connectivity index (χ1) is 7.91. The van der Waals surface area contributed by atoms with Gasteiger partial charge in [0.05, 0.1) is 4.92 Å². The fourth-order valence-electron chi connectivity index (χ4n) is 1.96. The summed E-state index contributed by atoms with van der Waals surface area (Å²) >= 11 is 0. The standard InChI is InChI=1S/C13H14N2O2/c1-13(2,3)10-6-7-11(15(16)17)12-9(10)5-4-8-14-12/h4-8H,1-3H3. The van der Waals surface area contributed by atoms with Crippen molar-refractivity contribution in [3.63, 3.8) is 0 Å². The highest BCUT2D eigenvalue weighted by atomic mass is 16.6. The van der Waals surface area contributed by atoms with Crippen molar-refractivity contribution in [3.05, 3.63) is 46.1 Å². The summed E-state index contributed by atoms with van der Waals surface area (Å²) in [6.45, 7) is 6.25. The van der Waals surface area contributed by atoms with Gasteiger partial charge in [0, 0.05) is 17.6 Å². The van der Waals surface area contributed by atoms with Gasteiger partial charge in [0.1, 0.15) is 5.52 Å². The van der Waals surface area contributed by atoms with Crippen molar-refractivity contribution in [1.29, 1.82) is 0 Å². The summed E-state index contributed by atoms with van der Waals surface area (Å²) in [6.07, 6.45) is 1.59. The zero-order valence-corrected chi connectivity index (χ0v) is 10.1. The normalized spacial score (nSPS) is 11.7. The van der Waals surface area contributed by atoms with Crippen molar-refractivity contribution < 1.29 is 4.92 Å². The van der Waals surface area contributed by atoms with Crippen LogP contribution in [0, 0.1) is 10.1 Å². The van der Waals surface area contributed by atoms with Crippen LogP contribution in [0.1, 0.15) is 26.3 Å². The third kappa shape index (κ3) is 1.98. The van der Waals surface area contributed by atoms with Crippen molar-refractivity contribution in [2.45, 2.75) is 26.2 Å². The van der Waals surface area contributed by atoms with Gasteiger partial charge in [-0.25, -0.2) is 4.98 Å². The molecule has 2 rings (SSSR count). The topological polar surface area (TPSA) is 56.0 Å². The number of aromatic nitrogens is 1. The van der Waals surface area contributed by atoms with Crippen LogP contribution in [0.25, 0.3) is 10.9 Å². The zero-order valence-electron chi connectivity index (χ0n) is 10.1. The Balaban J connectivity index is 2.85. The lowest BCUT2D eigenvalue weighted by Crippen LogP contribution is -2.12. The van der Waals surface area contributed by atoms with Crippen LogP contribution in [0.15, 0.2) is 30.5 Å². The van der Waals surface area contributed by atoms with Gasteiger partial charge in [-0.05, 0) is 17.0 Å². The molecule has 2 aromatic rings. The maximum absolute atomic E-state index is 10.9. The maximum Gasteiger partial charge on any atom is 0.295 e. The van der Waals surface area contributed by atoms with Crippen LogP contribution in [0.3, 0.4) is 0 Å². The minimum atomic E-state index is -0.387. The van der Waals surface area contributed by atoms with E-state index >= 15 is 0 Å². The minimum Gasteiger partial charge on any atom is -0.258 e. The first-order valence-corrected chi connectivity index (χ1v) is 5.44. The molecule has 0 radical (unpaired) electrons. The Hall–Kier alpha value is -1.97. The fraction of sp³-hybridized carbons (Fsp3) is 0.308. The number of non-ortho nitro benzene ring substituents is 1. The van der Waals surface area contributed by atoms with Gasteiger partial charge in [0.15, 0.2) is 0 Å². The van der Waals surface area contributed by atoms with Crippen LogP contribution < -0.4 is 0 Å². The molecule has 0 saturated carbocycles. The summed E-state index contributed by atoms with van der Waals surface area (Å²) in [5.74, 6) is 0. The van der Waals surface area contributed by atoms with Gasteiger partial charge in [0.2, 0.25) is 0 Å². The molecule has 4 nitrogen and oxygen atoms in total. The first kappa shape index (κ1) is 11.5. The predicted molar refractivity (Wildman–Crippen MR) is 67.1 cm³/mol. The van der Waals surface area contributed by atoms with Crippen molar-refractivity contribution in [1.82, 2.24) is 4.98 Å². The molecule has 0 unspecified atom stereocenters. The Labute approximate surface area is 99.4 Å². The van der Waals surface area contributed by atoms with Gasteiger partial charge in [-0.1, -0.05) is 32.9 Å². The number of benzene rings is 1. The monoisotopic (exact) mass is 230 g/mol. The van der Waals surface area contributed by atoms with Crippen molar-refractivity contribution >= 4 is 16.6 Å². The minimum absolute atomic E-state index is 0.0591. The molecule has 0 aliphatic carbocycles. The molecule has 0 fully saturated rings. The molecule has 0 aliphatic rings. The Morgan fingerprint density at radius 3 is 2.53 bits per heavy atom. The number of nitro benzene ring substituents is 1. The van der Waals surface area contributed by atoms with Gasteiger partial charge in [-0.2, -0.15) is 0 Å². The van der Waals surface area contributed by atoms with Crippen molar-refractivity contribution in [2.75, 3.05) is 0 Å². The third-order valence-electron chi connectivity index (χ3n) is 2.75. The molecule has 0 bridgehead atoms. The lowest BCUT2D eigenvalue weighted by molar-refractivity contribution is -0.383. The molecule has 1 aromatic carbocycles. The smallest absolute Gasteiger partial charge is 0.258 e. The molecule has 0 spiro atoms. The number of nitro groups is 1. The van der Waals surface area contributed by atoms with E-state index in [0.29, 0.717) is 5.52 Å². The van der Waals surface area contributed by atoms with E-state index < -0.39 is 0 Å². The molecule has 0 N–H and O–H groups in total. The second kappa shape index (κ2) is 3.80. The molecule has 17 heavy (non-hydrogen) atoms. The Morgan fingerprint density at radius 2 is 1.94 bits per heavy atom. The summed E-state index contributed by atoms with van der Waals surface area (Å²) in [5.41, 5.74) is 1.54. The van der Waals surface area contributed by atoms with E-state index in [1.54, 1.807) is 12.3 Å². The number of hydrogen-bond donors (Lipinski definition) is 0. The average Bonchev–Trinajstić information content (AvgIpc) is 2.26. The quantitative estimate of drug-likeness (QED) is 0.557. The highest BCUT2D eigenvalue weighted by Crippen LogP contribution is 2.33. The molecule has 1 heterocycles. The van der Waals surface area contributed by atoms with E-state index in [9.17, 15) is 10.1 Å². The third-order valence-corrected chi connectivity index (χ3v) is 2.75. The van der Waals surface area contributed by atoms with Gasteiger partial charge >= 0.3 is 0 Å². The summed E-state index contributed by atoms with van der Waals surface area (Å²) in [4.78, 5) is 14.7. The van der Waals surface area contributed by atoms with Crippen LogP contribution in [-0.4, -0.2) is 9.91 Å². The molecule has 4 heteroatoms. The highest BCUT2D eigenvalue weighted by Gasteiger charge is 2.21. The molecular weight excluding hydrogens is 216 g/mol. The van der Waals surface area contributed by atoms with Gasteiger partial charge < -0.3 is 0 Å². The predicted octanol–water partition coefficient (Wildman–Crippen LogP) is 3.44. The van der Waals surface area contributed by atoms with E-state index in [0.717, 1.165) is 10.9 Å². The average molecular weight is 230 g/mol. The number of nitrogens with zero attached hydrogens (tertiary/aromatic N) is 2. The largest absolute Gasteiger partial charge is 0.295 e. The van der Waals surface area contributed by atoms with Crippen LogP contribution in [0.2, 0.25) is 0 Å². The van der Waals surface area contributed by atoms with Crippen LogP contribution in [0.5, 0.6) is 0 Å². The van der Waals surface area contributed by atoms with Gasteiger partial charge in [-0.15, -0.1) is 0 Å². The van der Waals surface area contributed by atoms with Gasteiger partial charge in [0.25, 0.3) is 5.69 Å². The number of pyridine rings is 1. The molecule has 88 valence electrons. The van der Waals surface area contributed by atoms with Crippen LogP contribution in [-0.2, 0) is 5.41 Å². The summed E-state index contributed by atoms with van der Waals surface area (Å²) < 4.78 is 0. The second-order valence-electron chi connectivity index (χ2n) is 5.04. The Morgan fingerprint density at radius 1 is 1.24 bits per heavy atom. The number of hydrogen-bond acceptors (Lipinski definition) is 3.